The molecular formula is C40H37ClN8OSi. The normalized spacial score (nSPS) is 17.9. The van der Waals surface area contributed by atoms with Gasteiger partial charge in [-0.05, 0) is 19.8 Å². The van der Waals surface area contributed by atoms with Crippen LogP contribution in [-0.2, 0) is 4.74 Å². The second kappa shape index (κ2) is 12.1. The molecule has 0 radical (unpaired) electrons. The van der Waals surface area contributed by atoms with Crippen molar-refractivity contribution in [2.24, 2.45) is 20.0 Å². The first-order chi connectivity index (χ1) is 24.7. The van der Waals surface area contributed by atoms with Gasteiger partial charge in [-0.1, -0.05) is 117 Å². The number of fused-ring (bicyclic) bond motifs is 4. The molecule has 4 aromatic carbocycles. The summed E-state index contributed by atoms with van der Waals surface area (Å²) in [5.74, 6) is 2.76. The molecule has 51 heavy (non-hydrogen) atoms. The lowest BCUT2D eigenvalue weighted by Gasteiger charge is -2.48. The van der Waals surface area contributed by atoms with Gasteiger partial charge in [-0.15, -0.1) is 11.1 Å². The number of methoxy groups -OCH3 is 1. The molecule has 0 bridgehead atoms. The number of hydrogen-bond donors (Lipinski definition) is 2. The number of nitrogens with zero attached hydrogens (tertiary/aromatic N) is 6. The summed E-state index contributed by atoms with van der Waals surface area (Å²) in [4.78, 5) is 20.3. The van der Waals surface area contributed by atoms with Crippen LogP contribution in [0.3, 0.4) is 0 Å². The van der Waals surface area contributed by atoms with Crippen LogP contribution in [0.4, 0.5) is 11.6 Å². The van der Waals surface area contributed by atoms with Crippen LogP contribution in [0.5, 0.6) is 0 Å². The smallest absolute Gasteiger partial charge is 0.385 e. The number of aromatic nitrogens is 1. The summed E-state index contributed by atoms with van der Waals surface area (Å²) in [5.41, 5.74) is 14.0. The third-order valence-electron chi connectivity index (χ3n) is 10.4. The standard InChI is InChI=1S/C40H37ClN8OSi/c1-6-40(7-2,50-5)51(41,48-34(42)28-18-10-14-22-32(28)38(48)46-36-30-20-12-8-16-26(30)24(3)44-36)49-35(43)29-19-11-15-23-33(29)39(49)47-37-31-21-13-9-17-27(31)25(4)45-37/h8-23,42H,3,6-7,43H2,1-2,4-5H3/b42-34?,46-38-,47-37-. The van der Waals surface area contributed by atoms with Crippen LogP contribution < -0.4 is 5.73 Å². The molecule has 0 aliphatic carbocycles. The van der Waals surface area contributed by atoms with Crippen molar-refractivity contribution in [3.05, 3.63) is 137 Å². The molecule has 0 fully saturated rings. The van der Waals surface area contributed by atoms with Crippen LogP contribution >= 0.6 is 11.1 Å². The van der Waals surface area contributed by atoms with E-state index in [1.807, 2.05) is 107 Å². The molecule has 0 amide bonds. The van der Waals surface area contributed by atoms with Gasteiger partial charge < -0.3 is 19.3 Å². The SMILES string of the molecule is C=C1N=C(/N=C2/c3ccccc3C(=N)N2[Si](Cl)(n2c(N)c3ccccc3c2/N=C2\N=C(C)c3ccccc32)C(CC)(CC)OC)c2ccccc21. The second-order valence-corrected chi connectivity index (χ2v) is 17.4. The third-order valence-corrected chi connectivity index (χ3v) is 16.6. The fraction of sp³-hybridized carbons (Fsp3) is 0.175. The highest BCUT2D eigenvalue weighted by molar-refractivity contribution is 7.21. The topological polar surface area (TPSA) is 117 Å². The third kappa shape index (κ3) is 4.60. The fourth-order valence-corrected chi connectivity index (χ4v) is 13.7. The zero-order chi connectivity index (χ0) is 35.7. The molecule has 1 unspecified atom stereocenters. The summed E-state index contributed by atoms with van der Waals surface area (Å²) in [6.07, 6.45) is 1.04. The van der Waals surface area contributed by atoms with E-state index < -0.39 is 12.9 Å². The van der Waals surface area contributed by atoms with Gasteiger partial charge in [0.05, 0.1) is 5.70 Å². The van der Waals surface area contributed by atoms with Crippen molar-refractivity contribution in [3.63, 3.8) is 0 Å². The largest absolute Gasteiger partial charge is 0.412 e. The minimum Gasteiger partial charge on any atom is -0.385 e. The average Bonchev–Trinajstić information content (AvgIpc) is 3.84. The van der Waals surface area contributed by atoms with E-state index in [0.29, 0.717) is 53.2 Å². The molecule has 1 aromatic heterocycles. The second-order valence-electron chi connectivity index (χ2n) is 12.9. The molecule has 8 rings (SSSR count). The Bertz CT molecular complexity index is 2430. The number of anilines is 1. The Balaban J connectivity index is 1.47. The number of rotatable bonds is 7. The molecule has 5 aromatic rings. The van der Waals surface area contributed by atoms with Crippen molar-refractivity contribution >= 4 is 75.9 Å². The first-order valence-electron chi connectivity index (χ1n) is 17.0. The Morgan fingerprint density at radius 2 is 1.37 bits per heavy atom. The van der Waals surface area contributed by atoms with Crippen molar-refractivity contribution in [2.75, 3.05) is 12.8 Å². The van der Waals surface area contributed by atoms with E-state index in [-0.39, 0.29) is 5.84 Å². The molecule has 0 saturated heterocycles. The van der Waals surface area contributed by atoms with Crippen molar-refractivity contribution in [1.82, 2.24) is 8.80 Å². The highest BCUT2D eigenvalue weighted by atomic mass is 35.6. The van der Waals surface area contributed by atoms with E-state index in [4.69, 9.17) is 41.5 Å². The lowest BCUT2D eigenvalue weighted by molar-refractivity contribution is 0.0419. The average molecular weight is 709 g/mol. The number of nitrogens with two attached hydrogens (primary N) is 1. The minimum atomic E-state index is -4.04. The summed E-state index contributed by atoms with van der Waals surface area (Å²) >= 11 is 8.52. The highest BCUT2D eigenvalue weighted by Crippen LogP contribution is 2.49. The molecule has 9 nitrogen and oxygen atoms in total. The van der Waals surface area contributed by atoms with Gasteiger partial charge in [0.15, 0.2) is 11.7 Å². The first kappa shape index (κ1) is 32.8. The minimum absolute atomic E-state index is 0.205. The Morgan fingerprint density at radius 3 is 2.04 bits per heavy atom. The van der Waals surface area contributed by atoms with Gasteiger partial charge in [-0.3, -0.25) is 5.41 Å². The molecule has 3 N–H and O–H groups in total. The van der Waals surface area contributed by atoms with Gasteiger partial charge in [0, 0.05) is 57.0 Å². The van der Waals surface area contributed by atoms with Crippen molar-refractivity contribution in [2.45, 2.75) is 38.8 Å². The Kier molecular flexibility index (Phi) is 7.78. The van der Waals surface area contributed by atoms with E-state index >= 15 is 0 Å². The molecule has 0 saturated carbocycles. The molecule has 4 heterocycles. The zero-order valence-corrected chi connectivity index (χ0v) is 30.7. The summed E-state index contributed by atoms with van der Waals surface area (Å²) in [5, 5.41) is 10.5. The van der Waals surface area contributed by atoms with Crippen LogP contribution in [0, 0.1) is 5.41 Å². The quantitative estimate of drug-likeness (QED) is 0.131. The number of nitrogen functional groups attached to an aromatic ring is 1. The predicted molar refractivity (Wildman–Crippen MR) is 212 cm³/mol. The summed E-state index contributed by atoms with van der Waals surface area (Å²) in [7, 11) is -2.35. The van der Waals surface area contributed by atoms with Gasteiger partial charge in [0.2, 0.25) is 0 Å². The van der Waals surface area contributed by atoms with Gasteiger partial charge in [-0.25, -0.2) is 20.0 Å². The van der Waals surface area contributed by atoms with Gasteiger partial charge >= 0.3 is 7.71 Å². The van der Waals surface area contributed by atoms with Crippen LogP contribution in [0.15, 0.2) is 124 Å². The Morgan fingerprint density at radius 1 is 0.804 bits per heavy atom. The molecule has 254 valence electrons. The Labute approximate surface area is 302 Å². The fourth-order valence-electron chi connectivity index (χ4n) is 7.74. The van der Waals surface area contributed by atoms with E-state index in [2.05, 4.69) is 26.5 Å². The number of hydrogen-bond acceptors (Lipinski definition) is 6. The number of amidine groups is 4. The number of nitrogens with one attached hydrogen (secondary N) is 1. The Hall–Kier alpha value is -5.42. The van der Waals surface area contributed by atoms with Gasteiger partial charge in [-0.2, -0.15) is 0 Å². The number of aliphatic imine (C=N–C) groups is 4. The van der Waals surface area contributed by atoms with Gasteiger partial charge in [0.25, 0.3) is 0 Å². The molecule has 3 aliphatic heterocycles. The highest BCUT2D eigenvalue weighted by Gasteiger charge is 2.64. The van der Waals surface area contributed by atoms with Crippen molar-refractivity contribution in [1.29, 1.82) is 5.41 Å². The van der Waals surface area contributed by atoms with E-state index in [1.54, 1.807) is 7.11 Å². The van der Waals surface area contributed by atoms with Crippen LogP contribution in [-0.4, -0.2) is 57.9 Å². The monoisotopic (exact) mass is 708 g/mol. The van der Waals surface area contributed by atoms with E-state index in [0.717, 1.165) is 44.3 Å². The van der Waals surface area contributed by atoms with Crippen molar-refractivity contribution < 1.29 is 4.74 Å². The number of ether oxygens (including phenoxy) is 1. The molecular weight excluding hydrogens is 672 g/mol. The molecule has 11 heteroatoms. The van der Waals surface area contributed by atoms with Crippen LogP contribution in [0.1, 0.15) is 67.0 Å². The maximum atomic E-state index is 9.88. The number of benzene rings is 4. The van der Waals surface area contributed by atoms with E-state index in [9.17, 15) is 5.41 Å². The summed E-state index contributed by atoms with van der Waals surface area (Å²) in [6.45, 7) is 10.3. The summed E-state index contributed by atoms with van der Waals surface area (Å²) < 4.78 is 10.4. The van der Waals surface area contributed by atoms with Crippen LogP contribution in [0.2, 0.25) is 0 Å². The predicted octanol–water partition coefficient (Wildman–Crippen LogP) is 8.41. The first-order valence-corrected chi connectivity index (χ1v) is 19.9. The van der Waals surface area contributed by atoms with Gasteiger partial charge in [0.1, 0.15) is 28.5 Å². The van der Waals surface area contributed by atoms with Crippen molar-refractivity contribution in [3.8, 4) is 0 Å². The maximum Gasteiger partial charge on any atom is 0.412 e. The zero-order valence-electron chi connectivity index (χ0n) is 28.9. The molecule has 3 aliphatic rings. The lowest BCUT2D eigenvalue weighted by atomic mass is 10.1. The summed E-state index contributed by atoms with van der Waals surface area (Å²) in [6, 6.07) is 31.7. The lowest BCUT2D eigenvalue weighted by Crippen LogP contribution is -2.72. The molecule has 1 atom stereocenters. The van der Waals surface area contributed by atoms with E-state index in [1.165, 1.54) is 0 Å². The maximum absolute atomic E-state index is 9.88. The molecule has 0 spiro atoms. The number of halogens is 1. The van der Waals surface area contributed by atoms with Crippen LogP contribution in [0.25, 0.3) is 16.5 Å².